The number of aryl methyl sites for hydroxylation is 1. The van der Waals surface area contributed by atoms with E-state index < -0.39 is 0 Å². The maximum absolute atomic E-state index is 12.7. The molecule has 1 amide bonds. The van der Waals surface area contributed by atoms with E-state index in [1.165, 1.54) is 0 Å². The monoisotopic (exact) mass is 389 g/mol. The van der Waals surface area contributed by atoms with Gasteiger partial charge in [0.2, 0.25) is 5.78 Å². The minimum atomic E-state index is -0.272. The molecule has 1 N–H and O–H groups in total. The van der Waals surface area contributed by atoms with E-state index in [9.17, 15) is 9.59 Å². The average molecular weight is 390 g/mol. The number of halogens is 1. The first-order valence-corrected chi connectivity index (χ1v) is 9.10. The van der Waals surface area contributed by atoms with E-state index >= 15 is 0 Å². The van der Waals surface area contributed by atoms with Crippen molar-refractivity contribution in [1.29, 1.82) is 0 Å². The highest BCUT2D eigenvalue weighted by molar-refractivity contribution is 6.31. The predicted molar refractivity (Wildman–Crippen MR) is 110 cm³/mol. The lowest BCUT2D eigenvalue weighted by Crippen LogP contribution is -2.11. The first kappa shape index (κ1) is 18.0. The molecule has 0 spiro atoms. The van der Waals surface area contributed by atoms with E-state index in [0.717, 1.165) is 10.9 Å². The summed E-state index contributed by atoms with van der Waals surface area (Å²) in [6.45, 7) is 1.85. The molecule has 138 valence electrons. The number of rotatable bonds is 4. The number of carbonyl (C=O) groups is 2. The Morgan fingerprint density at radius 1 is 0.893 bits per heavy atom. The lowest BCUT2D eigenvalue weighted by molar-refractivity contribution is 0.101. The zero-order chi connectivity index (χ0) is 19.7. The molecule has 0 unspecified atom stereocenters. The van der Waals surface area contributed by atoms with Crippen molar-refractivity contribution in [3.05, 3.63) is 100 Å². The lowest BCUT2D eigenvalue weighted by atomic mass is 10.0. The number of amides is 1. The minimum absolute atomic E-state index is 0.168. The molecule has 0 aliphatic heterocycles. The highest BCUT2D eigenvalue weighted by Gasteiger charge is 2.19. The number of anilines is 1. The van der Waals surface area contributed by atoms with E-state index in [1.54, 1.807) is 48.5 Å². The van der Waals surface area contributed by atoms with Crippen LogP contribution >= 0.6 is 11.6 Å². The lowest BCUT2D eigenvalue weighted by Gasteiger charge is -2.05. The van der Waals surface area contributed by atoms with Crippen LogP contribution in [0.15, 0.2) is 77.2 Å². The standard InChI is InChI=1S/C23H16ClNO3/c1-14-19-11-10-18(25-23(27)16-8-5-9-17(24)12-16)13-20(19)28-22(14)21(26)15-6-3-2-4-7-15/h2-13H,1H3,(H,25,27). The van der Waals surface area contributed by atoms with Crippen molar-refractivity contribution >= 4 is 39.9 Å². The summed E-state index contributed by atoms with van der Waals surface area (Å²) in [7, 11) is 0. The molecule has 5 heteroatoms. The third-order valence-electron chi connectivity index (χ3n) is 4.53. The van der Waals surface area contributed by atoms with Crippen molar-refractivity contribution in [3.63, 3.8) is 0 Å². The number of nitrogens with one attached hydrogen (secondary N) is 1. The zero-order valence-electron chi connectivity index (χ0n) is 15.0. The molecule has 28 heavy (non-hydrogen) atoms. The minimum Gasteiger partial charge on any atom is -0.452 e. The number of hydrogen-bond acceptors (Lipinski definition) is 3. The van der Waals surface area contributed by atoms with Crippen molar-refractivity contribution in [3.8, 4) is 0 Å². The molecule has 4 nitrogen and oxygen atoms in total. The molecule has 0 atom stereocenters. The Morgan fingerprint density at radius 2 is 1.64 bits per heavy atom. The molecular weight excluding hydrogens is 374 g/mol. The van der Waals surface area contributed by atoms with Crippen LogP contribution in [0.2, 0.25) is 5.02 Å². The van der Waals surface area contributed by atoms with Crippen LogP contribution in [0.25, 0.3) is 11.0 Å². The van der Waals surface area contributed by atoms with Gasteiger partial charge in [0.1, 0.15) is 5.58 Å². The van der Waals surface area contributed by atoms with E-state index in [-0.39, 0.29) is 11.7 Å². The van der Waals surface area contributed by atoms with Crippen LogP contribution in [0.1, 0.15) is 32.0 Å². The van der Waals surface area contributed by atoms with Crippen molar-refractivity contribution in [1.82, 2.24) is 0 Å². The van der Waals surface area contributed by atoms with Crippen LogP contribution in [-0.2, 0) is 0 Å². The van der Waals surface area contributed by atoms with Gasteiger partial charge in [-0.1, -0.05) is 48.0 Å². The van der Waals surface area contributed by atoms with Crippen LogP contribution < -0.4 is 5.32 Å². The number of carbonyl (C=O) groups excluding carboxylic acids is 2. The Balaban J connectivity index is 1.65. The summed E-state index contributed by atoms with van der Waals surface area (Å²) in [6, 6.07) is 21.0. The van der Waals surface area contributed by atoms with Gasteiger partial charge in [0.05, 0.1) is 0 Å². The van der Waals surface area contributed by atoms with E-state index in [4.69, 9.17) is 16.0 Å². The SMILES string of the molecule is Cc1c(C(=O)c2ccccc2)oc2cc(NC(=O)c3cccc(Cl)c3)ccc12. The molecule has 0 saturated carbocycles. The highest BCUT2D eigenvalue weighted by atomic mass is 35.5. The van der Waals surface area contributed by atoms with Gasteiger partial charge in [0.25, 0.3) is 5.91 Å². The van der Waals surface area contributed by atoms with Crippen LogP contribution in [0.3, 0.4) is 0 Å². The van der Waals surface area contributed by atoms with Gasteiger partial charge < -0.3 is 9.73 Å². The predicted octanol–water partition coefficient (Wildman–Crippen LogP) is 5.88. The number of furan rings is 1. The Kier molecular flexibility index (Phi) is 4.72. The van der Waals surface area contributed by atoms with Crippen molar-refractivity contribution in [2.24, 2.45) is 0 Å². The first-order valence-electron chi connectivity index (χ1n) is 8.73. The summed E-state index contributed by atoms with van der Waals surface area (Å²) < 4.78 is 5.84. The molecule has 3 aromatic carbocycles. The summed E-state index contributed by atoms with van der Waals surface area (Å²) in [5.74, 6) is -0.135. The molecule has 1 heterocycles. The first-order chi connectivity index (χ1) is 13.5. The van der Waals surface area contributed by atoms with Gasteiger partial charge in [-0.2, -0.15) is 0 Å². The van der Waals surface area contributed by atoms with Gasteiger partial charge in [0, 0.05) is 38.9 Å². The van der Waals surface area contributed by atoms with Crippen molar-refractivity contribution in [2.75, 3.05) is 5.32 Å². The van der Waals surface area contributed by atoms with E-state index in [0.29, 0.717) is 33.2 Å². The number of ketones is 1. The van der Waals surface area contributed by atoms with Crippen LogP contribution in [-0.4, -0.2) is 11.7 Å². The number of hydrogen-bond donors (Lipinski definition) is 1. The molecule has 0 aliphatic carbocycles. The molecule has 0 saturated heterocycles. The largest absolute Gasteiger partial charge is 0.452 e. The van der Waals surface area contributed by atoms with E-state index in [1.807, 2.05) is 31.2 Å². The molecule has 0 radical (unpaired) electrons. The molecule has 4 aromatic rings. The van der Waals surface area contributed by atoms with Crippen LogP contribution in [0, 0.1) is 6.92 Å². The second-order valence-electron chi connectivity index (χ2n) is 6.43. The third kappa shape index (κ3) is 3.42. The van der Waals surface area contributed by atoms with Gasteiger partial charge in [-0.15, -0.1) is 0 Å². The molecular formula is C23H16ClNO3. The van der Waals surface area contributed by atoms with Gasteiger partial charge in [-0.05, 0) is 37.3 Å². The average Bonchev–Trinajstić information content (AvgIpc) is 3.04. The summed E-state index contributed by atoms with van der Waals surface area (Å²) in [5.41, 5.74) is 2.92. The summed E-state index contributed by atoms with van der Waals surface area (Å²) in [6.07, 6.45) is 0. The Bertz CT molecular complexity index is 1200. The quantitative estimate of drug-likeness (QED) is 0.443. The smallest absolute Gasteiger partial charge is 0.255 e. The van der Waals surface area contributed by atoms with Gasteiger partial charge in [-0.25, -0.2) is 0 Å². The van der Waals surface area contributed by atoms with E-state index in [2.05, 4.69) is 5.32 Å². The van der Waals surface area contributed by atoms with Crippen LogP contribution in [0.5, 0.6) is 0 Å². The van der Waals surface area contributed by atoms with Gasteiger partial charge in [-0.3, -0.25) is 9.59 Å². The zero-order valence-corrected chi connectivity index (χ0v) is 15.8. The second kappa shape index (κ2) is 7.33. The second-order valence-corrected chi connectivity index (χ2v) is 6.86. The maximum Gasteiger partial charge on any atom is 0.255 e. The van der Waals surface area contributed by atoms with Crippen molar-refractivity contribution < 1.29 is 14.0 Å². The Morgan fingerprint density at radius 3 is 2.39 bits per heavy atom. The highest BCUT2D eigenvalue weighted by Crippen LogP contribution is 2.29. The fraction of sp³-hybridized carbons (Fsp3) is 0.0435. The topological polar surface area (TPSA) is 59.3 Å². The molecule has 0 bridgehead atoms. The third-order valence-corrected chi connectivity index (χ3v) is 4.76. The molecule has 4 rings (SSSR count). The normalized spacial score (nSPS) is 10.8. The fourth-order valence-electron chi connectivity index (χ4n) is 3.07. The molecule has 0 fully saturated rings. The van der Waals surface area contributed by atoms with Gasteiger partial charge in [0.15, 0.2) is 5.76 Å². The summed E-state index contributed by atoms with van der Waals surface area (Å²) in [4.78, 5) is 25.2. The van der Waals surface area contributed by atoms with Crippen molar-refractivity contribution in [2.45, 2.75) is 6.92 Å². The number of fused-ring (bicyclic) bond motifs is 1. The molecule has 0 aliphatic rings. The fourth-order valence-corrected chi connectivity index (χ4v) is 3.26. The Hall–Kier alpha value is -3.37. The summed E-state index contributed by atoms with van der Waals surface area (Å²) in [5, 5.41) is 4.15. The van der Waals surface area contributed by atoms with Crippen LogP contribution in [0.4, 0.5) is 5.69 Å². The number of benzene rings is 3. The Labute approximate surface area is 166 Å². The summed E-state index contributed by atoms with van der Waals surface area (Å²) >= 11 is 5.94. The van der Waals surface area contributed by atoms with Gasteiger partial charge >= 0.3 is 0 Å². The maximum atomic E-state index is 12.7. The molecule has 1 aromatic heterocycles.